The predicted octanol–water partition coefficient (Wildman–Crippen LogP) is 2.33. The molecule has 1 N–H and O–H groups in total. The Hall–Kier alpha value is -1.32. The summed E-state index contributed by atoms with van der Waals surface area (Å²) in [5, 5.41) is 8.59. The van der Waals surface area contributed by atoms with Gasteiger partial charge in [-0.1, -0.05) is 17.7 Å². The minimum Gasteiger partial charge on any atom is -0.309 e. The number of fused-ring (bicyclic) bond motifs is 1. The molecule has 3 nitrogen and oxygen atoms in total. The molecule has 0 fully saturated rings. The maximum Gasteiger partial charge on any atom is 0.0534 e. The van der Waals surface area contributed by atoms with Crippen LogP contribution in [0.3, 0.4) is 0 Å². The van der Waals surface area contributed by atoms with Crippen LogP contribution in [-0.4, -0.2) is 15.8 Å². The minimum absolute atomic E-state index is 0.513. The fourth-order valence-corrected chi connectivity index (χ4v) is 2.75. The molecule has 0 aliphatic heterocycles. The number of nitrogens with one attached hydrogen (secondary N) is 1. The van der Waals surface area contributed by atoms with Crippen LogP contribution in [0.5, 0.6) is 0 Å². The van der Waals surface area contributed by atoms with E-state index in [1.54, 1.807) is 0 Å². The molecule has 1 aliphatic carbocycles. The van der Waals surface area contributed by atoms with Crippen molar-refractivity contribution in [3.63, 3.8) is 0 Å². The first-order valence-corrected chi connectivity index (χ1v) is 6.57. The molecule has 3 rings (SSSR count). The second kappa shape index (κ2) is 4.75. The zero-order valence-electron chi connectivity index (χ0n) is 10.4. The van der Waals surface area contributed by atoms with Gasteiger partial charge in [-0.3, -0.25) is 4.68 Å². The summed E-state index contributed by atoms with van der Waals surface area (Å²) in [7, 11) is 1.94. The number of nitrogens with zero attached hydrogens (tertiary/aromatic N) is 2. The van der Waals surface area contributed by atoms with Gasteiger partial charge in [0.2, 0.25) is 0 Å². The number of rotatable bonds is 3. The molecule has 1 unspecified atom stereocenters. The van der Waals surface area contributed by atoms with Crippen LogP contribution in [0.2, 0.25) is 5.02 Å². The van der Waals surface area contributed by atoms with E-state index in [0.717, 1.165) is 24.4 Å². The summed E-state index contributed by atoms with van der Waals surface area (Å²) in [6, 6.07) is 6.72. The highest BCUT2D eigenvalue weighted by Gasteiger charge is 2.20. The van der Waals surface area contributed by atoms with Gasteiger partial charge in [0.1, 0.15) is 0 Å². The summed E-state index contributed by atoms with van der Waals surface area (Å²) in [5.74, 6) is 0. The lowest BCUT2D eigenvalue weighted by Gasteiger charge is -2.10. The summed E-state index contributed by atoms with van der Waals surface area (Å²) in [4.78, 5) is 0. The van der Waals surface area contributed by atoms with Gasteiger partial charge in [-0.05, 0) is 36.1 Å². The summed E-state index contributed by atoms with van der Waals surface area (Å²) in [5.41, 5.74) is 4.03. The topological polar surface area (TPSA) is 29.9 Å². The van der Waals surface area contributed by atoms with Crippen molar-refractivity contribution in [3.05, 3.63) is 52.3 Å². The normalized spacial score (nSPS) is 18.0. The van der Waals surface area contributed by atoms with Crippen molar-refractivity contribution in [1.82, 2.24) is 15.1 Å². The van der Waals surface area contributed by atoms with Crippen molar-refractivity contribution in [3.8, 4) is 0 Å². The highest BCUT2D eigenvalue weighted by atomic mass is 35.5. The lowest BCUT2D eigenvalue weighted by Crippen LogP contribution is -2.28. The Kier molecular flexibility index (Phi) is 3.10. The SMILES string of the molecule is Cn1cc(CNC2Cc3ccc(Cl)cc3C2)cn1. The molecular weight excluding hydrogens is 246 g/mol. The fourth-order valence-electron chi connectivity index (χ4n) is 2.56. The first kappa shape index (κ1) is 11.8. The van der Waals surface area contributed by atoms with Gasteiger partial charge in [0, 0.05) is 36.4 Å². The number of benzene rings is 1. The van der Waals surface area contributed by atoms with Crippen molar-refractivity contribution in [2.75, 3.05) is 0 Å². The van der Waals surface area contributed by atoms with Gasteiger partial charge in [0.25, 0.3) is 0 Å². The molecule has 1 atom stereocenters. The molecule has 0 saturated heterocycles. The lowest BCUT2D eigenvalue weighted by molar-refractivity contribution is 0.532. The average Bonchev–Trinajstić information content (AvgIpc) is 2.92. The monoisotopic (exact) mass is 261 g/mol. The van der Waals surface area contributed by atoms with E-state index < -0.39 is 0 Å². The van der Waals surface area contributed by atoms with Crippen LogP contribution in [0, 0.1) is 0 Å². The molecule has 0 saturated carbocycles. The Morgan fingerprint density at radius 2 is 2.22 bits per heavy atom. The van der Waals surface area contributed by atoms with Crippen LogP contribution in [0.25, 0.3) is 0 Å². The van der Waals surface area contributed by atoms with E-state index in [4.69, 9.17) is 11.6 Å². The van der Waals surface area contributed by atoms with Gasteiger partial charge in [0.15, 0.2) is 0 Å². The largest absolute Gasteiger partial charge is 0.309 e. The standard InChI is InChI=1S/C14H16ClN3/c1-18-9-10(8-17-18)7-16-14-5-11-2-3-13(15)4-12(11)6-14/h2-4,8-9,14,16H,5-7H2,1H3. The predicted molar refractivity (Wildman–Crippen MR) is 72.7 cm³/mol. The van der Waals surface area contributed by atoms with Crippen molar-refractivity contribution >= 4 is 11.6 Å². The lowest BCUT2D eigenvalue weighted by atomic mass is 10.1. The van der Waals surface area contributed by atoms with Gasteiger partial charge in [-0.2, -0.15) is 5.10 Å². The summed E-state index contributed by atoms with van der Waals surface area (Å²) in [6.45, 7) is 0.875. The second-order valence-corrected chi connectivity index (χ2v) is 5.36. The molecule has 1 aliphatic rings. The smallest absolute Gasteiger partial charge is 0.0534 e. The van der Waals surface area contributed by atoms with Crippen LogP contribution in [0.15, 0.2) is 30.6 Å². The van der Waals surface area contributed by atoms with Crippen molar-refractivity contribution in [1.29, 1.82) is 0 Å². The molecule has 94 valence electrons. The van der Waals surface area contributed by atoms with E-state index in [2.05, 4.69) is 22.5 Å². The maximum atomic E-state index is 6.02. The Morgan fingerprint density at radius 1 is 1.39 bits per heavy atom. The first-order chi connectivity index (χ1) is 8.70. The number of hydrogen-bond donors (Lipinski definition) is 1. The molecule has 0 amide bonds. The van der Waals surface area contributed by atoms with E-state index in [0.29, 0.717) is 6.04 Å². The Morgan fingerprint density at radius 3 is 3.00 bits per heavy atom. The fraction of sp³-hybridized carbons (Fsp3) is 0.357. The van der Waals surface area contributed by atoms with E-state index in [1.165, 1.54) is 16.7 Å². The van der Waals surface area contributed by atoms with Crippen molar-refractivity contribution in [2.24, 2.45) is 7.05 Å². The molecule has 4 heteroatoms. The average molecular weight is 262 g/mol. The maximum absolute atomic E-state index is 6.02. The molecule has 2 aromatic rings. The third kappa shape index (κ3) is 2.42. The zero-order valence-corrected chi connectivity index (χ0v) is 11.1. The molecule has 1 aromatic carbocycles. The zero-order chi connectivity index (χ0) is 12.5. The van der Waals surface area contributed by atoms with E-state index in [-0.39, 0.29) is 0 Å². The highest BCUT2D eigenvalue weighted by Crippen LogP contribution is 2.25. The van der Waals surface area contributed by atoms with Gasteiger partial charge in [-0.15, -0.1) is 0 Å². The number of halogens is 1. The van der Waals surface area contributed by atoms with Crippen LogP contribution in [0.4, 0.5) is 0 Å². The van der Waals surface area contributed by atoms with E-state index in [9.17, 15) is 0 Å². The molecule has 0 radical (unpaired) electrons. The van der Waals surface area contributed by atoms with E-state index >= 15 is 0 Å². The molecular formula is C14H16ClN3. The summed E-state index contributed by atoms with van der Waals surface area (Å²) >= 11 is 6.02. The Bertz CT molecular complexity index is 562. The number of aromatic nitrogens is 2. The van der Waals surface area contributed by atoms with E-state index in [1.807, 2.05) is 30.2 Å². The van der Waals surface area contributed by atoms with Gasteiger partial charge in [-0.25, -0.2) is 0 Å². The van der Waals surface area contributed by atoms with Crippen LogP contribution in [0.1, 0.15) is 16.7 Å². The molecule has 18 heavy (non-hydrogen) atoms. The molecule has 1 aromatic heterocycles. The quantitative estimate of drug-likeness (QED) is 0.919. The van der Waals surface area contributed by atoms with Crippen LogP contribution >= 0.6 is 11.6 Å². The molecule has 0 spiro atoms. The Labute approximate surface area is 112 Å². The minimum atomic E-state index is 0.513. The number of aryl methyl sites for hydroxylation is 1. The second-order valence-electron chi connectivity index (χ2n) is 4.92. The first-order valence-electron chi connectivity index (χ1n) is 6.19. The third-order valence-electron chi connectivity index (χ3n) is 3.45. The van der Waals surface area contributed by atoms with Crippen LogP contribution in [-0.2, 0) is 26.4 Å². The summed E-state index contributed by atoms with van der Waals surface area (Å²) in [6.07, 6.45) is 6.11. The molecule has 1 heterocycles. The highest BCUT2D eigenvalue weighted by molar-refractivity contribution is 6.30. The van der Waals surface area contributed by atoms with Crippen molar-refractivity contribution < 1.29 is 0 Å². The summed E-state index contributed by atoms with van der Waals surface area (Å²) < 4.78 is 1.83. The van der Waals surface area contributed by atoms with Gasteiger partial charge < -0.3 is 5.32 Å². The van der Waals surface area contributed by atoms with Crippen LogP contribution < -0.4 is 5.32 Å². The third-order valence-corrected chi connectivity index (χ3v) is 3.69. The Balaban J connectivity index is 1.61. The van der Waals surface area contributed by atoms with Gasteiger partial charge in [0.05, 0.1) is 6.20 Å². The van der Waals surface area contributed by atoms with Gasteiger partial charge >= 0.3 is 0 Å². The molecule has 0 bridgehead atoms. The number of hydrogen-bond acceptors (Lipinski definition) is 2. The van der Waals surface area contributed by atoms with Crippen molar-refractivity contribution in [2.45, 2.75) is 25.4 Å².